The van der Waals surface area contributed by atoms with E-state index in [0.29, 0.717) is 11.5 Å². The number of amides is 3. The largest absolute Gasteiger partial charge is 0.493 e. The Morgan fingerprint density at radius 1 is 0.971 bits per heavy atom. The van der Waals surface area contributed by atoms with Crippen LogP contribution < -0.4 is 14.4 Å². The first-order valence-corrected chi connectivity index (χ1v) is 11.1. The standard InChI is InChI=1S/C27H25FN2O5/c1-17(18-7-5-4-6-8-18)29(26(32)19-9-14-23(34-2)24(15-19)35-3)22-16-25(31)30(27(22)33)21-12-10-20(28)11-13-21/h4-15,17,22H,16H2,1-3H3. The molecule has 0 bridgehead atoms. The number of carbonyl (C=O) groups excluding carboxylic acids is 3. The van der Waals surface area contributed by atoms with Crippen LogP contribution in [0.4, 0.5) is 10.1 Å². The highest BCUT2D eigenvalue weighted by molar-refractivity contribution is 6.23. The van der Waals surface area contributed by atoms with Gasteiger partial charge >= 0.3 is 0 Å². The highest BCUT2D eigenvalue weighted by Crippen LogP contribution is 2.34. The van der Waals surface area contributed by atoms with Crippen molar-refractivity contribution in [1.29, 1.82) is 0 Å². The van der Waals surface area contributed by atoms with Crippen molar-refractivity contribution in [2.24, 2.45) is 0 Å². The lowest BCUT2D eigenvalue weighted by molar-refractivity contribution is -0.122. The number of halogens is 1. The van der Waals surface area contributed by atoms with Gasteiger partial charge in [-0.2, -0.15) is 0 Å². The summed E-state index contributed by atoms with van der Waals surface area (Å²) in [5.41, 5.74) is 1.35. The predicted octanol–water partition coefficient (Wildman–Crippen LogP) is 4.38. The molecule has 1 heterocycles. The van der Waals surface area contributed by atoms with Crippen LogP contribution in [-0.4, -0.2) is 42.9 Å². The highest BCUT2D eigenvalue weighted by atomic mass is 19.1. The molecule has 3 aromatic carbocycles. The fraction of sp³-hybridized carbons (Fsp3) is 0.222. The normalized spacial score (nSPS) is 16.2. The van der Waals surface area contributed by atoms with Gasteiger partial charge in [-0.05, 0) is 55.0 Å². The topological polar surface area (TPSA) is 76.2 Å². The Labute approximate surface area is 202 Å². The Morgan fingerprint density at radius 2 is 1.63 bits per heavy atom. The van der Waals surface area contributed by atoms with Gasteiger partial charge in [0, 0.05) is 5.56 Å². The number of anilines is 1. The number of nitrogens with zero attached hydrogens (tertiary/aromatic N) is 2. The molecule has 180 valence electrons. The predicted molar refractivity (Wildman–Crippen MR) is 128 cm³/mol. The fourth-order valence-electron chi connectivity index (χ4n) is 4.29. The molecule has 4 rings (SSSR count). The molecular formula is C27H25FN2O5. The zero-order chi connectivity index (χ0) is 25.1. The Kier molecular flexibility index (Phi) is 6.82. The molecule has 0 N–H and O–H groups in total. The van der Waals surface area contributed by atoms with Crippen LogP contribution in [0.3, 0.4) is 0 Å². The van der Waals surface area contributed by atoms with E-state index < -0.39 is 35.6 Å². The highest BCUT2D eigenvalue weighted by Gasteiger charge is 2.46. The van der Waals surface area contributed by atoms with E-state index in [0.717, 1.165) is 10.5 Å². The van der Waals surface area contributed by atoms with Gasteiger partial charge in [0.25, 0.3) is 11.8 Å². The summed E-state index contributed by atoms with van der Waals surface area (Å²) < 4.78 is 24.0. The van der Waals surface area contributed by atoms with Crippen molar-refractivity contribution in [1.82, 2.24) is 4.90 Å². The summed E-state index contributed by atoms with van der Waals surface area (Å²) in [6.45, 7) is 1.81. The maximum absolute atomic E-state index is 13.9. The molecule has 3 amide bonds. The molecule has 0 aliphatic carbocycles. The van der Waals surface area contributed by atoms with E-state index in [4.69, 9.17) is 9.47 Å². The first kappa shape index (κ1) is 23.9. The molecule has 8 heteroatoms. The molecule has 2 atom stereocenters. The molecule has 0 spiro atoms. The van der Waals surface area contributed by atoms with Crippen LogP contribution in [-0.2, 0) is 9.59 Å². The van der Waals surface area contributed by atoms with Crippen molar-refractivity contribution in [2.75, 3.05) is 19.1 Å². The lowest BCUT2D eigenvalue weighted by atomic mass is 10.0. The lowest BCUT2D eigenvalue weighted by Crippen LogP contribution is -2.46. The average molecular weight is 477 g/mol. The SMILES string of the molecule is COc1ccc(C(=O)N(C2CC(=O)N(c3ccc(F)cc3)C2=O)C(C)c2ccccc2)cc1OC. The van der Waals surface area contributed by atoms with Crippen LogP contribution in [0.1, 0.15) is 35.3 Å². The van der Waals surface area contributed by atoms with Crippen LogP contribution in [0.15, 0.2) is 72.8 Å². The van der Waals surface area contributed by atoms with E-state index in [-0.39, 0.29) is 17.7 Å². The molecule has 2 unspecified atom stereocenters. The summed E-state index contributed by atoms with van der Waals surface area (Å²) in [6.07, 6.45) is -0.188. The van der Waals surface area contributed by atoms with Crippen molar-refractivity contribution in [3.63, 3.8) is 0 Å². The zero-order valence-electron chi connectivity index (χ0n) is 19.6. The summed E-state index contributed by atoms with van der Waals surface area (Å²) in [5, 5.41) is 0. The van der Waals surface area contributed by atoms with E-state index >= 15 is 0 Å². The van der Waals surface area contributed by atoms with Crippen LogP contribution >= 0.6 is 0 Å². The Balaban J connectivity index is 1.75. The van der Waals surface area contributed by atoms with Gasteiger partial charge in [0.1, 0.15) is 11.9 Å². The minimum atomic E-state index is -1.04. The number of ether oxygens (including phenoxy) is 2. The molecule has 1 fully saturated rings. The van der Waals surface area contributed by atoms with E-state index in [2.05, 4.69) is 0 Å². The Hall–Kier alpha value is -4.20. The van der Waals surface area contributed by atoms with Crippen molar-refractivity contribution < 1.29 is 28.2 Å². The number of rotatable bonds is 7. The van der Waals surface area contributed by atoms with Crippen LogP contribution in [0.2, 0.25) is 0 Å². The Morgan fingerprint density at radius 3 is 2.26 bits per heavy atom. The molecule has 35 heavy (non-hydrogen) atoms. The molecule has 0 saturated carbocycles. The zero-order valence-corrected chi connectivity index (χ0v) is 19.6. The molecular weight excluding hydrogens is 451 g/mol. The summed E-state index contributed by atoms with van der Waals surface area (Å²) >= 11 is 0. The van der Waals surface area contributed by atoms with Gasteiger partial charge in [0.2, 0.25) is 5.91 Å². The number of imide groups is 1. The van der Waals surface area contributed by atoms with Crippen molar-refractivity contribution in [3.05, 3.63) is 89.7 Å². The second-order valence-corrected chi connectivity index (χ2v) is 8.13. The number of methoxy groups -OCH3 is 2. The number of benzene rings is 3. The van der Waals surface area contributed by atoms with E-state index in [9.17, 15) is 18.8 Å². The number of hydrogen-bond donors (Lipinski definition) is 0. The van der Waals surface area contributed by atoms with Gasteiger partial charge in [0.05, 0.1) is 32.4 Å². The quantitative estimate of drug-likeness (QED) is 0.473. The van der Waals surface area contributed by atoms with E-state index in [1.807, 2.05) is 37.3 Å². The molecule has 3 aromatic rings. The number of carbonyl (C=O) groups is 3. The maximum atomic E-state index is 13.9. The average Bonchev–Trinajstić information content (AvgIpc) is 3.17. The minimum absolute atomic E-state index is 0.188. The molecule has 7 nitrogen and oxygen atoms in total. The third-order valence-corrected chi connectivity index (χ3v) is 6.11. The van der Waals surface area contributed by atoms with Gasteiger partial charge in [-0.3, -0.25) is 14.4 Å². The Bertz CT molecular complexity index is 1250. The van der Waals surface area contributed by atoms with Gasteiger partial charge < -0.3 is 14.4 Å². The minimum Gasteiger partial charge on any atom is -0.493 e. The molecule has 1 aliphatic rings. The second kappa shape index (κ2) is 9.97. The third-order valence-electron chi connectivity index (χ3n) is 6.11. The van der Waals surface area contributed by atoms with Crippen molar-refractivity contribution >= 4 is 23.4 Å². The first-order valence-electron chi connectivity index (χ1n) is 11.1. The van der Waals surface area contributed by atoms with Gasteiger partial charge in [-0.1, -0.05) is 30.3 Å². The molecule has 1 aliphatic heterocycles. The van der Waals surface area contributed by atoms with Crippen LogP contribution in [0, 0.1) is 5.82 Å². The molecule has 1 saturated heterocycles. The van der Waals surface area contributed by atoms with Gasteiger partial charge in [0.15, 0.2) is 11.5 Å². The lowest BCUT2D eigenvalue weighted by Gasteiger charge is -2.34. The maximum Gasteiger partial charge on any atom is 0.257 e. The monoisotopic (exact) mass is 476 g/mol. The number of hydrogen-bond acceptors (Lipinski definition) is 5. The van der Waals surface area contributed by atoms with E-state index in [1.165, 1.54) is 43.4 Å². The summed E-state index contributed by atoms with van der Waals surface area (Å²) in [4.78, 5) is 42.7. The summed E-state index contributed by atoms with van der Waals surface area (Å²) in [7, 11) is 2.96. The third kappa shape index (κ3) is 4.59. The van der Waals surface area contributed by atoms with Crippen molar-refractivity contribution in [2.45, 2.75) is 25.4 Å². The van der Waals surface area contributed by atoms with Crippen LogP contribution in [0.5, 0.6) is 11.5 Å². The van der Waals surface area contributed by atoms with E-state index in [1.54, 1.807) is 18.2 Å². The van der Waals surface area contributed by atoms with Gasteiger partial charge in [-0.25, -0.2) is 9.29 Å². The summed E-state index contributed by atoms with van der Waals surface area (Å²) in [6, 6.07) is 17.6. The first-order chi connectivity index (χ1) is 16.8. The second-order valence-electron chi connectivity index (χ2n) is 8.13. The van der Waals surface area contributed by atoms with Gasteiger partial charge in [-0.15, -0.1) is 0 Å². The fourth-order valence-corrected chi connectivity index (χ4v) is 4.29. The van der Waals surface area contributed by atoms with Crippen molar-refractivity contribution in [3.8, 4) is 11.5 Å². The molecule has 0 aromatic heterocycles. The molecule has 0 radical (unpaired) electrons. The summed E-state index contributed by atoms with van der Waals surface area (Å²) in [5.74, 6) is -1.09. The smallest absolute Gasteiger partial charge is 0.257 e. The van der Waals surface area contributed by atoms with Crippen LogP contribution in [0.25, 0.3) is 0 Å².